The fourth-order valence-corrected chi connectivity index (χ4v) is 1.49. The maximum absolute atomic E-state index is 10.5. The second-order valence-corrected chi connectivity index (χ2v) is 4.57. The quantitative estimate of drug-likeness (QED) is 0.493. The Hall–Kier alpha value is -1.72. The Morgan fingerprint density at radius 3 is 2.65 bits per heavy atom. The maximum atomic E-state index is 10.5. The van der Waals surface area contributed by atoms with Crippen LogP contribution in [0.5, 0.6) is 0 Å². The lowest BCUT2D eigenvalue weighted by molar-refractivity contribution is -0.114. The number of hydrogen-bond donors (Lipinski definition) is 2. The van der Waals surface area contributed by atoms with Crippen LogP contribution in [-0.4, -0.2) is 25.4 Å². The van der Waals surface area contributed by atoms with Gasteiger partial charge >= 0.3 is 0 Å². The van der Waals surface area contributed by atoms with Crippen LogP contribution in [-0.2, 0) is 9.53 Å². The Kier molecular flexibility index (Phi) is 7.54. The summed E-state index contributed by atoms with van der Waals surface area (Å²) < 4.78 is 4.93. The minimum absolute atomic E-state index is 0.0314. The highest BCUT2D eigenvalue weighted by molar-refractivity contribution is 7.96. The SMILES string of the molecule is CN[C@H](C)c1ccc(C#CC#CCOCC(=O)S)cc1. The molecule has 0 heterocycles. The van der Waals surface area contributed by atoms with Crippen molar-refractivity contribution in [1.82, 2.24) is 5.32 Å². The van der Waals surface area contributed by atoms with Crippen LogP contribution in [0.4, 0.5) is 0 Å². The van der Waals surface area contributed by atoms with E-state index in [-0.39, 0.29) is 18.3 Å². The molecule has 104 valence electrons. The van der Waals surface area contributed by atoms with Crippen LogP contribution in [0, 0.1) is 23.7 Å². The summed E-state index contributed by atoms with van der Waals surface area (Å²) in [4.78, 5) is 10.5. The first kappa shape index (κ1) is 16.3. The highest BCUT2D eigenvalue weighted by atomic mass is 32.1. The van der Waals surface area contributed by atoms with Crippen LogP contribution in [0.2, 0.25) is 0 Å². The molecule has 0 radical (unpaired) electrons. The third-order valence-electron chi connectivity index (χ3n) is 2.60. The molecule has 0 saturated heterocycles. The first-order valence-corrected chi connectivity index (χ1v) is 6.64. The van der Waals surface area contributed by atoms with Crippen molar-refractivity contribution in [3.8, 4) is 23.7 Å². The van der Waals surface area contributed by atoms with Gasteiger partial charge in [0, 0.05) is 11.6 Å². The molecule has 0 fully saturated rings. The van der Waals surface area contributed by atoms with Gasteiger partial charge in [-0.05, 0) is 43.5 Å². The lowest BCUT2D eigenvalue weighted by Crippen LogP contribution is -2.11. The van der Waals surface area contributed by atoms with E-state index < -0.39 is 0 Å². The van der Waals surface area contributed by atoms with Crippen molar-refractivity contribution in [2.45, 2.75) is 13.0 Å². The first-order valence-electron chi connectivity index (χ1n) is 6.19. The predicted octanol–water partition coefficient (Wildman–Crippen LogP) is 1.79. The van der Waals surface area contributed by atoms with Crippen molar-refractivity contribution in [3.05, 3.63) is 35.4 Å². The monoisotopic (exact) mass is 287 g/mol. The topological polar surface area (TPSA) is 38.3 Å². The minimum Gasteiger partial charge on any atom is -0.360 e. The van der Waals surface area contributed by atoms with Gasteiger partial charge in [0.05, 0.1) is 0 Å². The van der Waals surface area contributed by atoms with Gasteiger partial charge < -0.3 is 10.1 Å². The Morgan fingerprint density at radius 1 is 1.35 bits per heavy atom. The molecule has 0 aliphatic rings. The number of thiol groups is 1. The summed E-state index contributed by atoms with van der Waals surface area (Å²) in [6.07, 6.45) is 0. The van der Waals surface area contributed by atoms with E-state index in [0.29, 0.717) is 6.04 Å². The summed E-state index contributed by atoms with van der Waals surface area (Å²) >= 11 is 3.57. The normalized spacial score (nSPS) is 10.8. The molecule has 0 amide bonds. The van der Waals surface area contributed by atoms with Gasteiger partial charge in [0.1, 0.15) is 13.2 Å². The van der Waals surface area contributed by atoms with Crippen molar-refractivity contribution in [1.29, 1.82) is 0 Å². The molecule has 1 atom stereocenters. The van der Waals surface area contributed by atoms with Crippen molar-refractivity contribution < 1.29 is 9.53 Å². The minimum atomic E-state index is -0.311. The van der Waals surface area contributed by atoms with E-state index in [9.17, 15) is 4.79 Å². The van der Waals surface area contributed by atoms with Crippen LogP contribution in [0.15, 0.2) is 24.3 Å². The van der Waals surface area contributed by atoms with E-state index in [1.165, 1.54) is 5.56 Å². The van der Waals surface area contributed by atoms with Crippen molar-refractivity contribution >= 4 is 17.7 Å². The molecule has 0 aromatic heterocycles. The van der Waals surface area contributed by atoms with Gasteiger partial charge in [-0.3, -0.25) is 4.79 Å². The maximum Gasteiger partial charge on any atom is 0.211 e. The van der Waals surface area contributed by atoms with Crippen LogP contribution >= 0.6 is 12.6 Å². The highest BCUT2D eigenvalue weighted by Gasteiger charge is 2.00. The van der Waals surface area contributed by atoms with Gasteiger partial charge in [0.15, 0.2) is 0 Å². The molecule has 4 heteroatoms. The largest absolute Gasteiger partial charge is 0.360 e. The van der Waals surface area contributed by atoms with Gasteiger partial charge in [-0.1, -0.05) is 24.0 Å². The molecule has 0 bridgehead atoms. The molecule has 1 aromatic rings. The number of nitrogens with one attached hydrogen (secondary N) is 1. The smallest absolute Gasteiger partial charge is 0.211 e. The van der Waals surface area contributed by atoms with E-state index in [4.69, 9.17) is 4.74 Å². The number of ether oxygens (including phenoxy) is 1. The molecule has 0 unspecified atom stereocenters. The summed E-state index contributed by atoms with van der Waals surface area (Å²) in [5.41, 5.74) is 2.13. The second kappa shape index (κ2) is 9.23. The third-order valence-corrected chi connectivity index (χ3v) is 2.73. The van der Waals surface area contributed by atoms with Crippen LogP contribution in [0.1, 0.15) is 24.1 Å². The van der Waals surface area contributed by atoms with E-state index in [0.717, 1.165) is 5.56 Å². The fourth-order valence-electron chi connectivity index (χ4n) is 1.39. The number of benzene rings is 1. The van der Waals surface area contributed by atoms with Gasteiger partial charge in [-0.25, -0.2) is 0 Å². The zero-order valence-corrected chi connectivity index (χ0v) is 12.5. The van der Waals surface area contributed by atoms with Crippen LogP contribution in [0.25, 0.3) is 0 Å². The number of rotatable bonds is 5. The van der Waals surface area contributed by atoms with Crippen LogP contribution in [0.3, 0.4) is 0 Å². The molecular weight excluding hydrogens is 270 g/mol. The molecule has 0 saturated carbocycles. The second-order valence-electron chi connectivity index (χ2n) is 4.07. The van der Waals surface area contributed by atoms with Crippen LogP contribution < -0.4 is 5.32 Å². The molecule has 1 N–H and O–H groups in total. The highest BCUT2D eigenvalue weighted by Crippen LogP contribution is 2.11. The van der Waals surface area contributed by atoms with Gasteiger partial charge in [-0.15, -0.1) is 12.6 Å². The Labute approximate surface area is 125 Å². The fraction of sp³-hybridized carbons (Fsp3) is 0.312. The summed E-state index contributed by atoms with van der Waals surface area (Å²) in [5, 5.41) is 2.87. The Bertz CT molecular complexity index is 558. The number of hydrogen-bond acceptors (Lipinski definition) is 3. The first-order chi connectivity index (χ1) is 9.63. The molecule has 20 heavy (non-hydrogen) atoms. The van der Waals surface area contributed by atoms with Gasteiger partial charge in [0.2, 0.25) is 5.12 Å². The Morgan fingerprint density at radius 2 is 2.05 bits per heavy atom. The molecule has 0 aliphatic carbocycles. The zero-order valence-electron chi connectivity index (χ0n) is 11.6. The van der Waals surface area contributed by atoms with Crippen molar-refractivity contribution in [2.24, 2.45) is 0 Å². The van der Waals surface area contributed by atoms with E-state index >= 15 is 0 Å². The molecule has 1 rings (SSSR count). The van der Waals surface area contributed by atoms with E-state index in [1.54, 1.807) is 0 Å². The third kappa shape index (κ3) is 6.45. The van der Waals surface area contributed by atoms with E-state index in [1.807, 2.05) is 31.3 Å². The summed E-state index contributed by atoms with van der Waals surface area (Å²) in [7, 11) is 1.93. The lowest BCUT2D eigenvalue weighted by atomic mass is 10.1. The summed E-state index contributed by atoms with van der Waals surface area (Å²) in [6.45, 7) is 2.25. The molecule has 3 nitrogen and oxygen atoms in total. The summed E-state index contributed by atoms with van der Waals surface area (Å²) in [6, 6.07) is 8.34. The van der Waals surface area contributed by atoms with Gasteiger partial charge in [0.25, 0.3) is 0 Å². The number of carbonyl (C=O) groups excluding carboxylic acids is 1. The van der Waals surface area contributed by atoms with Crippen molar-refractivity contribution in [3.63, 3.8) is 0 Å². The predicted molar refractivity (Wildman–Crippen MR) is 83.4 cm³/mol. The number of carbonyl (C=O) groups is 1. The summed E-state index contributed by atoms with van der Waals surface area (Å²) in [5.74, 6) is 11.1. The lowest BCUT2D eigenvalue weighted by Gasteiger charge is -2.09. The van der Waals surface area contributed by atoms with E-state index in [2.05, 4.69) is 48.6 Å². The average molecular weight is 287 g/mol. The standard InChI is InChI=1S/C16H17NO2S/c1-13(17-2)15-9-7-14(8-10-15)6-4-3-5-11-19-12-16(18)20/h7-10,13,17H,11-12H2,1-2H3,(H,18,20)/t13-/m1/s1. The molecular formula is C16H17NO2S. The van der Waals surface area contributed by atoms with Gasteiger partial charge in [-0.2, -0.15) is 0 Å². The molecule has 0 aliphatic heterocycles. The average Bonchev–Trinajstić information content (AvgIpc) is 2.45. The zero-order chi connectivity index (χ0) is 14.8. The molecule has 1 aromatic carbocycles. The molecule has 0 spiro atoms. The van der Waals surface area contributed by atoms with Crippen molar-refractivity contribution in [2.75, 3.05) is 20.3 Å². The Balaban J connectivity index is 2.47.